The average Bonchev–Trinajstić information content (AvgIpc) is 3.21. The number of hydrogen-bond donors (Lipinski definition) is 0. The van der Waals surface area contributed by atoms with Gasteiger partial charge in [0.05, 0.1) is 12.0 Å². The Kier molecular flexibility index (Phi) is 6.00. The highest BCUT2D eigenvalue weighted by Gasteiger charge is 2.34. The summed E-state index contributed by atoms with van der Waals surface area (Å²) in [5.41, 5.74) is 5.12. The highest BCUT2D eigenvalue weighted by molar-refractivity contribution is 8.18. The fraction of sp³-hybridized carbons (Fsp3) is 0.200. The van der Waals surface area contributed by atoms with Crippen molar-refractivity contribution < 1.29 is 14.3 Å². The Labute approximate surface area is 186 Å². The molecule has 0 atom stereocenters. The number of rotatable bonds is 6. The van der Waals surface area contributed by atoms with Crippen molar-refractivity contribution in [3.63, 3.8) is 0 Å². The molecule has 2 heterocycles. The lowest BCUT2D eigenvalue weighted by molar-refractivity contribution is -0.122. The highest BCUT2D eigenvalue weighted by atomic mass is 32.2. The van der Waals surface area contributed by atoms with Crippen LogP contribution < -0.4 is 4.74 Å². The second-order valence-corrected chi connectivity index (χ2v) is 8.42. The quantitative estimate of drug-likeness (QED) is 0.491. The molecule has 0 saturated carbocycles. The molecule has 1 fully saturated rings. The highest BCUT2D eigenvalue weighted by Crippen LogP contribution is 2.34. The van der Waals surface area contributed by atoms with Gasteiger partial charge in [-0.1, -0.05) is 30.3 Å². The standard InChI is InChI=1S/C25H24N2O3S/c1-17-15-20(18(2)27(17)21-9-11-22(30-3)12-10-21)16-23-24(28)26(25(29)31-23)14-13-19-7-5-4-6-8-19/h4-12,15-16H,13-14H2,1-3H3/b23-16-. The lowest BCUT2D eigenvalue weighted by Crippen LogP contribution is -2.30. The molecule has 4 rings (SSSR count). The van der Waals surface area contributed by atoms with E-state index in [2.05, 4.69) is 4.57 Å². The number of carbonyl (C=O) groups excluding carboxylic acids is 2. The van der Waals surface area contributed by atoms with Gasteiger partial charge in [-0.05, 0) is 79.6 Å². The fourth-order valence-electron chi connectivity index (χ4n) is 3.78. The van der Waals surface area contributed by atoms with E-state index in [1.54, 1.807) is 7.11 Å². The van der Waals surface area contributed by atoms with Gasteiger partial charge in [-0.25, -0.2) is 0 Å². The molecular formula is C25H24N2O3S. The van der Waals surface area contributed by atoms with Crippen molar-refractivity contribution in [2.24, 2.45) is 0 Å². The van der Waals surface area contributed by atoms with Crippen LogP contribution in [-0.4, -0.2) is 34.3 Å². The van der Waals surface area contributed by atoms with E-state index in [9.17, 15) is 9.59 Å². The van der Waals surface area contributed by atoms with Crippen LogP contribution in [0, 0.1) is 13.8 Å². The van der Waals surface area contributed by atoms with Crippen molar-refractivity contribution in [2.45, 2.75) is 20.3 Å². The summed E-state index contributed by atoms with van der Waals surface area (Å²) in [5, 5.41) is -0.212. The Morgan fingerprint density at radius 1 is 1.00 bits per heavy atom. The van der Waals surface area contributed by atoms with Gasteiger partial charge in [0.1, 0.15) is 5.75 Å². The molecule has 1 aromatic heterocycles. The van der Waals surface area contributed by atoms with Crippen molar-refractivity contribution in [1.82, 2.24) is 9.47 Å². The normalized spacial score (nSPS) is 15.2. The topological polar surface area (TPSA) is 51.5 Å². The Morgan fingerprint density at radius 2 is 1.71 bits per heavy atom. The maximum absolute atomic E-state index is 12.9. The zero-order chi connectivity index (χ0) is 22.0. The van der Waals surface area contributed by atoms with Crippen LogP contribution in [0.25, 0.3) is 11.8 Å². The molecule has 6 heteroatoms. The van der Waals surface area contributed by atoms with Crippen molar-refractivity contribution in [1.29, 1.82) is 0 Å². The number of nitrogens with zero attached hydrogens (tertiary/aromatic N) is 2. The predicted octanol–water partition coefficient (Wildman–Crippen LogP) is 5.38. The molecule has 1 aliphatic rings. The van der Waals surface area contributed by atoms with E-state index in [1.807, 2.05) is 80.6 Å². The molecule has 1 saturated heterocycles. The van der Waals surface area contributed by atoms with E-state index < -0.39 is 0 Å². The molecule has 0 N–H and O–H groups in total. The Morgan fingerprint density at radius 3 is 2.39 bits per heavy atom. The molecule has 0 unspecified atom stereocenters. The van der Waals surface area contributed by atoms with Crippen LogP contribution in [0.4, 0.5) is 4.79 Å². The first-order valence-corrected chi connectivity index (χ1v) is 10.9. The molecule has 2 amide bonds. The summed E-state index contributed by atoms with van der Waals surface area (Å²) in [6, 6.07) is 19.8. The van der Waals surface area contributed by atoms with Gasteiger partial charge in [0.25, 0.3) is 11.1 Å². The van der Waals surface area contributed by atoms with Crippen LogP contribution >= 0.6 is 11.8 Å². The average molecular weight is 433 g/mol. The third kappa shape index (κ3) is 4.30. The molecule has 3 aromatic rings. The molecule has 2 aromatic carbocycles. The number of amides is 2. The molecule has 0 radical (unpaired) electrons. The lowest BCUT2D eigenvalue weighted by atomic mass is 10.1. The number of carbonyl (C=O) groups is 2. The Hall–Kier alpha value is -3.25. The number of aromatic nitrogens is 1. The van der Waals surface area contributed by atoms with Crippen LogP contribution in [0.15, 0.2) is 65.6 Å². The predicted molar refractivity (Wildman–Crippen MR) is 125 cm³/mol. The Balaban J connectivity index is 1.56. The van der Waals surface area contributed by atoms with E-state index in [4.69, 9.17) is 4.74 Å². The summed E-state index contributed by atoms with van der Waals surface area (Å²) >= 11 is 1.01. The second-order valence-electron chi connectivity index (χ2n) is 7.43. The van der Waals surface area contributed by atoms with E-state index in [0.29, 0.717) is 17.9 Å². The van der Waals surface area contributed by atoms with Crippen molar-refractivity contribution >= 4 is 29.0 Å². The van der Waals surface area contributed by atoms with Gasteiger partial charge in [-0.15, -0.1) is 0 Å². The molecule has 5 nitrogen and oxygen atoms in total. The number of aryl methyl sites for hydroxylation is 1. The first-order valence-electron chi connectivity index (χ1n) is 10.1. The number of hydrogen-bond acceptors (Lipinski definition) is 4. The molecule has 1 aliphatic heterocycles. The minimum atomic E-state index is -0.222. The number of imide groups is 1. The number of methoxy groups -OCH3 is 1. The fourth-order valence-corrected chi connectivity index (χ4v) is 4.64. The van der Waals surface area contributed by atoms with Gasteiger partial charge < -0.3 is 9.30 Å². The largest absolute Gasteiger partial charge is 0.497 e. The maximum Gasteiger partial charge on any atom is 0.293 e. The number of ether oxygens (including phenoxy) is 1. The lowest BCUT2D eigenvalue weighted by Gasteiger charge is -2.12. The number of thioether (sulfide) groups is 1. The first-order chi connectivity index (χ1) is 15.0. The van der Waals surface area contributed by atoms with Gasteiger partial charge in [0.2, 0.25) is 0 Å². The van der Waals surface area contributed by atoms with Gasteiger partial charge in [0, 0.05) is 23.6 Å². The summed E-state index contributed by atoms with van der Waals surface area (Å²) in [7, 11) is 1.65. The molecule has 31 heavy (non-hydrogen) atoms. The minimum Gasteiger partial charge on any atom is -0.497 e. The van der Waals surface area contributed by atoms with Crippen molar-refractivity contribution in [3.8, 4) is 11.4 Å². The van der Waals surface area contributed by atoms with E-state index in [0.717, 1.165) is 45.7 Å². The van der Waals surface area contributed by atoms with Crippen LogP contribution in [0.1, 0.15) is 22.5 Å². The molecule has 0 spiro atoms. The monoisotopic (exact) mass is 432 g/mol. The van der Waals surface area contributed by atoms with Crippen LogP contribution in [0.3, 0.4) is 0 Å². The van der Waals surface area contributed by atoms with Gasteiger partial charge >= 0.3 is 0 Å². The molecule has 158 valence electrons. The van der Waals surface area contributed by atoms with E-state index in [-0.39, 0.29) is 11.1 Å². The van der Waals surface area contributed by atoms with Crippen LogP contribution in [0.5, 0.6) is 5.75 Å². The first kappa shape index (κ1) is 21.0. The van der Waals surface area contributed by atoms with Gasteiger partial charge in [-0.3, -0.25) is 14.5 Å². The third-order valence-electron chi connectivity index (χ3n) is 5.43. The van der Waals surface area contributed by atoms with Crippen LogP contribution in [0.2, 0.25) is 0 Å². The maximum atomic E-state index is 12.9. The minimum absolute atomic E-state index is 0.212. The summed E-state index contributed by atoms with van der Waals surface area (Å²) in [6.07, 6.45) is 2.48. The van der Waals surface area contributed by atoms with Crippen molar-refractivity contribution in [2.75, 3.05) is 13.7 Å². The third-order valence-corrected chi connectivity index (χ3v) is 6.34. The molecule has 0 bridgehead atoms. The van der Waals surface area contributed by atoms with E-state index in [1.165, 1.54) is 4.90 Å². The summed E-state index contributed by atoms with van der Waals surface area (Å²) < 4.78 is 7.37. The zero-order valence-electron chi connectivity index (χ0n) is 17.8. The smallest absolute Gasteiger partial charge is 0.293 e. The summed E-state index contributed by atoms with van der Waals surface area (Å²) in [4.78, 5) is 27.1. The molecular weight excluding hydrogens is 408 g/mol. The van der Waals surface area contributed by atoms with Crippen LogP contribution in [-0.2, 0) is 11.2 Å². The number of benzene rings is 2. The zero-order valence-corrected chi connectivity index (χ0v) is 18.6. The summed E-state index contributed by atoms with van der Waals surface area (Å²) in [5.74, 6) is 0.579. The van der Waals surface area contributed by atoms with E-state index >= 15 is 0 Å². The molecule has 0 aliphatic carbocycles. The van der Waals surface area contributed by atoms with Crippen molar-refractivity contribution in [3.05, 3.63) is 88.1 Å². The van der Waals surface area contributed by atoms with Gasteiger partial charge in [0.15, 0.2) is 0 Å². The van der Waals surface area contributed by atoms with Gasteiger partial charge in [-0.2, -0.15) is 0 Å². The second kappa shape index (κ2) is 8.86. The summed E-state index contributed by atoms with van der Waals surface area (Å²) in [6.45, 7) is 4.43. The Bertz CT molecular complexity index is 1150. The SMILES string of the molecule is COc1ccc(-n2c(C)cc(/C=C3\SC(=O)N(CCc4ccccc4)C3=O)c2C)cc1.